The van der Waals surface area contributed by atoms with E-state index in [0.29, 0.717) is 18.7 Å². The predicted octanol–water partition coefficient (Wildman–Crippen LogP) is 3.31. The summed E-state index contributed by atoms with van der Waals surface area (Å²) < 4.78 is 17.5. The number of rotatable bonds is 5. The Labute approximate surface area is 185 Å². The highest BCUT2D eigenvalue weighted by Gasteiger charge is 2.35. The highest BCUT2D eigenvalue weighted by atomic mass is 19.1. The summed E-state index contributed by atoms with van der Waals surface area (Å²) in [7, 11) is 0. The smallest absolute Gasteiger partial charge is 0.350 e. The lowest BCUT2D eigenvalue weighted by Crippen LogP contribution is -2.41. The second-order valence-corrected chi connectivity index (χ2v) is 8.01. The summed E-state index contributed by atoms with van der Waals surface area (Å²) >= 11 is 0. The molecule has 0 saturated carbocycles. The zero-order valence-electron chi connectivity index (χ0n) is 18.3. The lowest BCUT2D eigenvalue weighted by molar-refractivity contribution is 0.0977. The van der Waals surface area contributed by atoms with Gasteiger partial charge >= 0.3 is 5.69 Å². The van der Waals surface area contributed by atoms with Crippen molar-refractivity contribution in [1.29, 1.82) is 0 Å². The molecule has 1 aromatic heterocycles. The van der Waals surface area contributed by atoms with E-state index in [0.717, 1.165) is 21.5 Å². The van der Waals surface area contributed by atoms with Crippen LogP contribution < -0.4 is 10.6 Å². The Morgan fingerprint density at radius 2 is 1.97 bits per heavy atom. The SMILES string of the molecule is C=C(C)C1CN(c2ccccc2C)C(=O)c2cc(F)c(-n3nc(CO)n(CC)c3=O)cc21. The van der Waals surface area contributed by atoms with Crippen molar-refractivity contribution in [3.63, 3.8) is 0 Å². The van der Waals surface area contributed by atoms with Crippen LogP contribution in [0.25, 0.3) is 5.69 Å². The third-order valence-corrected chi connectivity index (χ3v) is 5.96. The Morgan fingerprint density at radius 3 is 2.56 bits per heavy atom. The Balaban J connectivity index is 1.90. The normalized spacial score (nSPS) is 15.7. The molecule has 1 N–H and O–H groups in total. The van der Waals surface area contributed by atoms with Gasteiger partial charge in [-0.25, -0.2) is 9.18 Å². The maximum absolute atomic E-state index is 15.2. The van der Waals surface area contributed by atoms with Crippen molar-refractivity contribution >= 4 is 11.6 Å². The second-order valence-electron chi connectivity index (χ2n) is 8.01. The minimum atomic E-state index is -0.739. The van der Waals surface area contributed by atoms with Crippen LogP contribution in [0.4, 0.5) is 10.1 Å². The number of amides is 1. The maximum Gasteiger partial charge on any atom is 0.350 e. The summed E-state index contributed by atoms with van der Waals surface area (Å²) in [6.07, 6.45) is 0. The van der Waals surface area contributed by atoms with Gasteiger partial charge in [0.1, 0.15) is 18.1 Å². The van der Waals surface area contributed by atoms with Crippen molar-refractivity contribution in [1.82, 2.24) is 14.3 Å². The Morgan fingerprint density at radius 1 is 1.25 bits per heavy atom. The molecule has 0 bridgehead atoms. The molecule has 0 radical (unpaired) electrons. The van der Waals surface area contributed by atoms with Crippen LogP contribution in [0.5, 0.6) is 0 Å². The van der Waals surface area contributed by atoms with E-state index in [4.69, 9.17) is 0 Å². The molecule has 3 aromatic rings. The van der Waals surface area contributed by atoms with Gasteiger partial charge in [0.25, 0.3) is 5.91 Å². The Bertz CT molecular complexity index is 1290. The number of aliphatic hydroxyl groups excluding tert-OH is 1. The number of carbonyl (C=O) groups excluding carboxylic acids is 1. The number of anilines is 1. The summed E-state index contributed by atoms with van der Waals surface area (Å²) in [4.78, 5) is 27.8. The first-order valence-corrected chi connectivity index (χ1v) is 10.4. The number of fused-ring (bicyclic) bond motifs is 1. The molecular formula is C24H25FN4O3. The summed E-state index contributed by atoms with van der Waals surface area (Å²) in [5, 5.41) is 13.6. The van der Waals surface area contributed by atoms with Crippen molar-refractivity contribution in [2.45, 2.75) is 39.8 Å². The molecule has 2 aromatic carbocycles. The van der Waals surface area contributed by atoms with Gasteiger partial charge in [0, 0.05) is 30.3 Å². The highest BCUT2D eigenvalue weighted by molar-refractivity contribution is 6.09. The fraction of sp³-hybridized carbons (Fsp3) is 0.292. The van der Waals surface area contributed by atoms with Crippen LogP contribution in [0, 0.1) is 12.7 Å². The van der Waals surface area contributed by atoms with Crippen molar-refractivity contribution in [3.8, 4) is 5.69 Å². The summed E-state index contributed by atoms with van der Waals surface area (Å²) in [6.45, 7) is 9.82. The maximum atomic E-state index is 15.2. The molecule has 166 valence electrons. The molecule has 7 nitrogen and oxygen atoms in total. The fourth-order valence-electron chi connectivity index (χ4n) is 4.25. The van der Waals surface area contributed by atoms with Crippen molar-refractivity contribution < 1.29 is 14.3 Å². The van der Waals surface area contributed by atoms with Crippen molar-refractivity contribution in [3.05, 3.63) is 87.4 Å². The van der Waals surface area contributed by atoms with Gasteiger partial charge in [-0.2, -0.15) is 4.68 Å². The Hall–Kier alpha value is -3.52. The van der Waals surface area contributed by atoms with Crippen LogP contribution in [0.2, 0.25) is 0 Å². The van der Waals surface area contributed by atoms with Gasteiger partial charge in [-0.05, 0) is 50.1 Å². The van der Waals surface area contributed by atoms with Crippen LogP contribution in [0.3, 0.4) is 0 Å². The number of aromatic nitrogens is 3. The van der Waals surface area contributed by atoms with Crippen LogP contribution >= 0.6 is 0 Å². The largest absolute Gasteiger partial charge is 0.388 e. The first-order chi connectivity index (χ1) is 15.3. The predicted molar refractivity (Wildman–Crippen MR) is 120 cm³/mol. The van der Waals surface area contributed by atoms with Gasteiger partial charge in [-0.1, -0.05) is 30.4 Å². The molecule has 1 aliphatic heterocycles. The molecule has 0 spiro atoms. The number of hydrogen-bond acceptors (Lipinski definition) is 4. The van der Waals surface area contributed by atoms with Crippen molar-refractivity contribution in [2.75, 3.05) is 11.4 Å². The molecule has 4 rings (SSSR count). The number of hydrogen-bond donors (Lipinski definition) is 1. The molecule has 0 fully saturated rings. The van der Waals surface area contributed by atoms with Gasteiger partial charge in [0.05, 0.1) is 0 Å². The van der Waals surface area contributed by atoms with E-state index in [1.807, 2.05) is 38.1 Å². The molecule has 0 saturated heterocycles. The Kier molecular flexibility index (Phi) is 5.56. The molecular weight excluding hydrogens is 411 g/mol. The van der Waals surface area contributed by atoms with E-state index < -0.39 is 18.1 Å². The van der Waals surface area contributed by atoms with Gasteiger partial charge in [-0.15, -0.1) is 5.10 Å². The number of carbonyl (C=O) groups is 1. The van der Waals surface area contributed by atoms with E-state index in [9.17, 15) is 14.7 Å². The summed E-state index contributed by atoms with van der Waals surface area (Å²) in [5.74, 6) is -1.15. The zero-order chi connectivity index (χ0) is 23.2. The van der Waals surface area contributed by atoms with Gasteiger partial charge in [-0.3, -0.25) is 9.36 Å². The highest BCUT2D eigenvalue weighted by Crippen LogP contribution is 2.37. The topological polar surface area (TPSA) is 80.4 Å². The van der Waals surface area contributed by atoms with Gasteiger partial charge in [0.15, 0.2) is 5.82 Å². The van der Waals surface area contributed by atoms with Crippen LogP contribution in [0.1, 0.15) is 47.1 Å². The molecule has 2 heterocycles. The van der Waals surface area contributed by atoms with E-state index in [1.165, 1.54) is 16.7 Å². The molecule has 1 amide bonds. The first-order valence-electron chi connectivity index (χ1n) is 10.4. The number of nitrogens with zero attached hydrogens (tertiary/aromatic N) is 4. The minimum Gasteiger partial charge on any atom is -0.388 e. The average molecular weight is 436 g/mol. The monoisotopic (exact) mass is 436 g/mol. The number of para-hydroxylation sites is 1. The molecule has 1 atom stereocenters. The van der Waals surface area contributed by atoms with Crippen LogP contribution in [-0.4, -0.2) is 31.9 Å². The molecule has 8 heteroatoms. The zero-order valence-corrected chi connectivity index (χ0v) is 18.3. The lowest BCUT2D eigenvalue weighted by atomic mass is 9.84. The summed E-state index contributed by atoms with van der Waals surface area (Å²) in [5.41, 5.74) is 2.76. The third-order valence-electron chi connectivity index (χ3n) is 5.96. The average Bonchev–Trinajstić information content (AvgIpc) is 3.09. The number of halogens is 1. The van der Waals surface area contributed by atoms with E-state index in [1.54, 1.807) is 11.8 Å². The quantitative estimate of drug-likeness (QED) is 0.623. The van der Waals surface area contributed by atoms with Crippen molar-refractivity contribution in [2.24, 2.45) is 0 Å². The third kappa shape index (κ3) is 3.36. The van der Waals surface area contributed by atoms with E-state index >= 15 is 4.39 Å². The fourth-order valence-corrected chi connectivity index (χ4v) is 4.25. The van der Waals surface area contributed by atoms with Gasteiger partial charge in [0.2, 0.25) is 0 Å². The molecule has 1 aliphatic rings. The lowest BCUT2D eigenvalue weighted by Gasteiger charge is -2.35. The molecule has 1 unspecified atom stereocenters. The first kappa shape index (κ1) is 21.7. The van der Waals surface area contributed by atoms with E-state index in [2.05, 4.69) is 11.7 Å². The molecule has 32 heavy (non-hydrogen) atoms. The number of aliphatic hydroxyl groups is 1. The molecule has 0 aliphatic carbocycles. The van der Waals surface area contributed by atoms with Gasteiger partial charge < -0.3 is 10.0 Å². The minimum absolute atomic E-state index is 0.0564. The van der Waals surface area contributed by atoms with Crippen LogP contribution in [0.15, 0.2) is 53.3 Å². The van der Waals surface area contributed by atoms with Crippen LogP contribution in [-0.2, 0) is 13.2 Å². The number of aryl methyl sites for hydroxylation is 1. The second kappa shape index (κ2) is 8.20. The number of benzene rings is 2. The summed E-state index contributed by atoms with van der Waals surface area (Å²) in [6, 6.07) is 10.2. The standard InChI is InChI=1S/C24H25FN4O3/c1-5-27-22(13-30)26-29(24(27)32)21-11-16-17(10-19(21)25)23(31)28(12-18(16)14(2)3)20-9-7-6-8-15(20)4/h6-11,18,30H,2,5,12-13H2,1,3-4H3. The van der Waals surface area contributed by atoms with E-state index in [-0.39, 0.29) is 28.9 Å².